The van der Waals surface area contributed by atoms with Gasteiger partial charge in [0.25, 0.3) is 5.91 Å². The minimum absolute atomic E-state index is 0.00911. The number of rotatable bonds is 4. The number of aryl methyl sites for hydroxylation is 2. The van der Waals surface area contributed by atoms with E-state index in [2.05, 4.69) is 10.1 Å². The molecule has 0 aliphatic carbocycles. The van der Waals surface area contributed by atoms with E-state index in [0.717, 1.165) is 35.4 Å². The Morgan fingerprint density at radius 3 is 2.77 bits per heavy atom. The molecular formula is C22H25ClN6O. The molecule has 156 valence electrons. The van der Waals surface area contributed by atoms with Crippen LogP contribution in [0.1, 0.15) is 40.6 Å². The number of aromatic nitrogens is 4. The van der Waals surface area contributed by atoms with E-state index < -0.39 is 0 Å². The van der Waals surface area contributed by atoms with Crippen molar-refractivity contribution in [1.29, 1.82) is 0 Å². The van der Waals surface area contributed by atoms with Crippen molar-refractivity contribution in [2.24, 2.45) is 7.05 Å². The lowest BCUT2D eigenvalue weighted by Crippen LogP contribution is -2.32. The zero-order chi connectivity index (χ0) is 21.4. The standard InChI is InChI=1S/C22H25ClN6O/c1-14-18(13-28(4)26-14)21(30)29-10-6-9-19(29)20-17(12-24-22(25-20)27(2)3)15-7-5-8-16(23)11-15/h5,7-8,11-13,19H,6,9-10H2,1-4H3/t19-/m1/s1. The molecule has 1 aliphatic rings. The fourth-order valence-corrected chi connectivity index (χ4v) is 4.18. The number of nitrogens with zero attached hydrogens (tertiary/aromatic N) is 6. The van der Waals surface area contributed by atoms with E-state index >= 15 is 0 Å². The highest BCUT2D eigenvalue weighted by Gasteiger charge is 2.35. The summed E-state index contributed by atoms with van der Waals surface area (Å²) in [7, 11) is 5.65. The maximum Gasteiger partial charge on any atom is 0.257 e. The third-order valence-electron chi connectivity index (χ3n) is 5.41. The molecule has 1 fully saturated rings. The number of benzene rings is 1. The largest absolute Gasteiger partial charge is 0.347 e. The van der Waals surface area contributed by atoms with Crippen LogP contribution in [0.25, 0.3) is 11.1 Å². The molecule has 1 saturated heterocycles. The third-order valence-corrected chi connectivity index (χ3v) is 5.65. The molecule has 4 rings (SSSR count). The molecule has 8 heteroatoms. The van der Waals surface area contributed by atoms with Gasteiger partial charge in [0, 0.05) is 50.7 Å². The van der Waals surface area contributed by atoms with Gasteiger partial charge < -0.3 is 9.80 Å². The second-order valence-electron chi connectivity index (χ2n) is 7.83. The average molecular weight is 425 g/mol. The smallest absolute Gasteiger partial charge is 0.257 e. The van der Waals surface area contributed by atoms with Gasteiger partial charge in [-0.05, 0) is 37.5 Å². The van der Waals surface area contributed by atoms with E-state index in [1.54, 1.807) is 10.9 Å². The van der Waals surface area contributed by atoms with Crippen LogP contribution in [0.2, 0.25) is 5.02 Å². The van der Waals surface area contributed by atoms with E-state index in [-0.39, 0.29) is 11.9 Å². The Bertz CT molecular complexity index is 1090. The van der Waals surface area contributed by atoms with E-state index in [1.807, 2.05) is 68.3 Å². The zero-order valence-electron chi connectivity index (χ0n) is 17.6. The first-order valence-electron chi connectivity index (χ1n) is 9.96. The molecular weight excluding hydrogens is 400 g/mol. The van der Waals surface area contributed by atoms with Gasteiger partial charge in [-0.25, -0.2) is 9.97 Å². The summed E-state index contributed by atoms with van der Waals surface area (Å²) in [5.41, 5.74) is 4.06. The Balaban J connectivity index is 1.80. The summed E-state index contributed by atoms with van der Waals surface area (Å²) in [6, 6.07) is 7.53. The number of hydrogen-bond acceptors (Lipinski definition) is 5. The number of carbonyl (C=O) groups is 1. The van der Waals surface area contributed by atoms with Gasteiger partial charge in [-0.2, -0.15) is 5.10 Å². The van der Waals surface area contributed by atoms with Crippen LogP contribution in [0.5, 0.6) is 0 Å². The molecule has 1 aliphatic heterocycles. The fraction of sp³-hybridized carbons (Fsp3) is 0.364. The molecule has 0 spiro atoms. The van der Waals surface area contributed by atoms with Crippen LogP contribution in [0, 0.1) is 6.92 Å². The minimum Gasteiger partial charge on any atom is -0.347 e. The molecule has 2 aromatic heterocycles. The molecule has 3 aromatic rings. The number of hydrogen-bond donors (Lipinski definition) is 0. The third kappa shape index (κ3) is 3.77. The van der Waals surface area contributed by atoms with Crippen molar-refractivity contribution in [1.82, 2.24) is 24.6 Å². The molecule has 0 N–H and O–H groups in total. The van der Waals surface area contributed by atoms with Gasteiger partial charge in [0.1, 0.15) is 0 Å². The summed E-state index contributed by atoms with van der Waals surface area (Å²) >= 11 is 6.24. The maximum absolute atomic E-state index is 13.4. The summed E-state index contributed by atoms with van der Waals surface area (Å²) in [6.07, 6.45) is 5.39. The van der Waals surface area contributed by atoms with E-state index in [4.69, 9.17) is 16.6 Å². The molecule has 0 radical (unpaired) electrons. The lowest BCUT2D eigenvalue weighted by atomic mass is 9.99. The molecule has 7 nitrogen and oxygen atoms in total. The van der Waals surface area contributed by atoms with E-state index in [1.165, 1.54) is 0 Å². The minimum atomic E-state index is -0.132. The molecule has 1 aromatic carbocycles. The van der Waals surface area contributed by atoms with Crippen LogP contribution in [-0.2, 0) is 7.05 Å². The molecule has 3 heterocycles. The normalized spacial score (nSPS) is 16.2. The van der Waals surface area contributed by atoms with Gasteiger partial charge in [-0.15, -0.1) is 0 Å². The van der Waals surface area contributed by atoms with Crippen molar-refractivity contribution in [3.05, 3.63) is 58.6 Å². The van der Waals surface area contributed by atoms with Gasteiger partial charge in [0.15, 0.2) is 0 Å². The van der Waals surface area contributed by atoms with Crippen LogP contribution >= 0.6 is 11.6 Å². The van der Waals surface area contributed by atoms with Crippen LogP contribution in [0.15, 0.2) is 36.7 Å². The maximum atomic E-state index is 13.4. The number of likely N-dealkylation sites (tertiary alicyclic amines) is 1. The monoisotopic (exact) mass is 424 g/mol. The SMILES string of the molecule is Cc1nn(C)cc1C(=O)N1CCC[C@@H]1c1nc(N(C)C)ncc1-c1cccc(Cl)c1. The molecule has 1 atom stereocenters. The van der Waals surface area contributed by atoms with Crippen molar-refractivity contribution in [2.75, 3.05) is 25.5 Å². The second-order valence-corrected chi connectivity index (χ2v) is 8.27. The van der Waals surface area contributed by atoms with Gasteiger partial charge in [0.2, 0.25) is 5.95 Å². The lowest BCUT2D eigenvalue weighted by Gasteiger charge is -2.26. The number of carbonyl (C=O) groups excluding carboxylic acids is 1. The molecule has 30 heavy (non-hydrogen) atoms. The van der Waals surface area contributed by atoms with Crippen LogP contribution < -0.4 is 4.90 Å². The van der Waals surface area contributed by atoms with Crippen molar-refractivity contribution in [3.63, 3.8) is 0 Å². The molecule has 0 unspecified atom stereocenters. The van der Waals surface area contributed by atoms with E-state index in [9.17, 15) is 4.79 Å². The lowest BCUT2D eigenvalue weighted by molar-refractivity contribution is 0.0732. The van der Waals surface area contributed by atoms with Crippen molar-refractivity contribution in [2.45, 2.75) is 25.8 Å². The first-order chi connectivity index (χ1) is 14.3. The van der Waals surface area contributed by atoms with Crippen molar-refractivity contribution < 1.29 is 4.79 Å². The first kappa shape index (κ1) is 20.3. The number of amides is 1. The van der Waals surface area contributed by atoms with Crippen LogP contribution in [0.3, 0.4) is 0 Å². The summed E-state index contributed by atoms with van der Waals surface area (Å²) in [5.74, 6) is 0.609. The predicted octanol–water partition coefficient (Wildman–Crippen LogP) is 3.88. The quantitative estimate of drug-likeness (QED) is 0.635. The number of halogens is 1. The molecule has 1 amide bonds. The Labute approximate surface area is 181 Å². The zero-order valence-corrected chi connectivity index (χ0v) is 18.4. The number of anilines is 1. The van der Waals surface area contributed by atoms with Gasteiger partial charge in [0.05, 0.1) is 23.0 Å². The first-order valence-corrected chi connectivity index (χ1v) is 10.3. The Hall–Kier alpha value is -2.93. The van der Waals surface area contributed by atoms with Crippen LogP contribution in [-0.4, -0.2) is 51.2 Å². The highest BCUT2D eigenvalue weighted by Crippen LogP contribution is 2.38. The van der Waals surface area contributed by atoms with E-state index in [0.29, 0.717) is 23.1 Å². The average Bonchev–Trinajstić information content (AvgIpc) is 3.33. The van der Waals surface area contributed by atoms with Gasteiger partial charge in [-0.3, -0.25) is 9.48 Å². The Morgan fingerprint density at radius 2 is 2.10 bits per heavy atom. The summed E-state index contributed by atoms with van der Waals surface area (Å²) < 4.78 is 1.68. The summed E-state index contributed by atoms with van der Waals surface area (Å²) in [5, 5.41) is 4.99. The summed E-state index contributed by atoms with van der Waals surface area (Å²) in [6.45, 7) is 2.55. The highest BCUT2D eigenvalue weighted by atomic mass is 35.5. The fourth-order valence-electron chi connectivity index (χ4n) is 3.99. The Kier molecular flexibility index (Phi) is 5.47. The molecule has 0 saturated carbocycles. The molecule has 0 bridgehead atoms. The summed E-state index contributed by atoms with van der Waals surface area (Å²) in [4.78, 5) is 26.6. The van der Waals surface area contributed by atoms with Crippen LogP contribution in [0.4, 0.5) is 5.95 Å². The topological polar surface area (TPSA) is 67.2 Å². The van der Waals surface area contributed by atoms with Crippen molar-refractivity contribution in [3.8, 4) is 11.1 Å². The van der Waals surface area contributed by atoms with Gasteiger partial charge >= 0.3 is 0 Å². The van der Waals surface area contributed by atoms with Crippen molar-refractivity contribution >= 4 is 23.5 Å². The Morgan fingerprint density at radius 1 is 1.30 bits per heavy atom. The predicted molar refractivity (Wildman–Crippen MR) is 118 cm³/mol. The second kappa shape index (κ2) is 8.07. The van der Waals surface area contributed by atoms with Gasteiger partial charge in [-0.1, -0.05) is 23.7 Å². The highest BCUT2D eigenvalue weighted by molar-refractivity contribution is 6.30.